The van der Waals surface area contributed by atoms with Crippen LogP contribution in [0.2, 0.25) is 0 Å². The van der Waals surface area contributed by atoms with E-state index in [0.717, 1.165) is 0 Å². The van der Waals surface area contributed by atoms with Gasteiger partial charge in [0, 0.05) is 0 Å². The Morgan fingerprint density at radius 2 is 2.33 bits per heavy atom. The first-order chi connectivity index (χ1) is 5.60. The summed E-state index contributed by atoms with van der Waals surface area (Å²) in [6, 6.07) is 0. The summed E-state index contributed by atoms with van der Waals surface area (Å²) >= 11 is 0. The second-order valence-corrected chi connectivity index (χ2v) is 2.73. The Balaban J connectivity index is 4.25. The molecule has 0 aromatic heterocycles. The summed E-state index contributed by atoms with van der Waals surface area (Å²) in [6.45, 7) is 4.05. The maximum atomic E-state index is 11.2. The van der Waals surface area contributed by atoms with Gasteiger partial charge >= 0.3 is 5.97 Å². The molecule has 0 aliphatic heterocycles. The molecule has 1 atom stereocenters. The van der Waals surface area contributed by atoms with Crippen LogP contribution in [0.15, 0.2) is 0 Å². The molecule has 0 aromatic carbocycles. The first-order valence-corrected chi connectivity index (χ1v) is 3.87. The normalized spacial score (nSPS) is 14.5. The smallest absolute Gasteiger partial charge is 0.325 e. The summed E-state index contributed by atoms with van der Waals surface area (Å²) in [6.07, 6.45) is 5.72. The van der Waals surface area contributed by atoms with E-state index in [9.17, 15) is 4.79 Å². The summed E-state index contributed by atoms with van der Waals surface area (Å²) in [7, 11) is 1.37. The summed E-state index contributed by atoms with van der Waals surface area (Å²) in [5, 5.41) is 2.94. The Labute approximate surface area is 73.5 Å². The molecule has 0 fully saturated rings. The van der Waals surface area contributed by atoms with Crippen LogP contribution in [0.4, 0.5) is 0 Å². The molecule has 1 unspecified atom stereocenters. The van der Waals surface area contributed by atoms with Crippen molar-refractivity contribution < 1.29 is 9.53 Å². The number of ether oxygens (including phenoxy) is 1. The second kappa shape index (κ2) is 4.78. The lowest BCUT2D eigenvalue weighted by Gasteiger charge is -2.25. The third kappa shape index (κ3) is 2.55. The third-order valence-electron chi connectivity index (χ3n) is 1.92. The van der Waals surface area contributed by atoms with Crippen molar-refractivity contribution in [3.05, 3.63) is 0 Å². The monoisotopic (exact) mass is 169 g/mol. The molecule has 0 rings (SSSR count). The highest BCUT2D eigenvalue weighted by Crippen LogP contribution is 2.10. The molecule has 0 aliphatic rings. The van der Waals surface area contributed by atoms with Crippen molar-refractivity contribution in [1.29, 1.82) is 0 Å². The van der Waals surface area contributed by atoms with Crippen LogP contribution >= 0.6 is 0 Å². The van der Waals surface area contributed by atoms with Crippen molar-refractivity contribution in [2.24, 2.45) is 0 Å². The first-order valence-electron chi connectivity index (χ1n) is 3.87. The lowest BCUT2D eigenvalue weighted by atomic mass is 9.99. The molecule has 0 amide bonds. The topological polar surface area (TPSA) is 38.3 Å². The van der Waals surface area contributed by atoms with Gasteiger partial charge in [0.15, 0.2) is 0 Å². The number of nitrogens with one attached hydrogen (secondary N) is 1. The van der Waals surface area contributed by atoms with E-state index in [4.69, 9.17) is 6.42 Å². The highest BCUT2D eigenvalue weighted by atomic mass is 16.5. The van der Waals surface area contributed by atoms with Crippen LogP contribution in [0.5, 0.6) is 0 Å². The molecule has 1 N–H and O–H groups in total. The van der Waals surface area contributed by atoms with Crippen LogP contribution in [0.3, 0.4) is 0 Å². The quantitative estimate of drug-likeness (QED) is 0.493. The Morgan fingerprint density at radius 3 is 2.67 bits per heavy atom. The highest BCUT2D eigenvalue weighted by Gasteiger charge is 2.31. The molecule has 0 radical (unpaired) electrons. The SMILES string of the molecule is C#CCNC(C)(CC)C(=O)OC. The van der Waals surface area contributed by atoms with Gasteiger partial charge in [-0.3, -0.25) is 10.1 Å². The molecule has 0 bridgehead atoms. The molecule has 0 saturated carbocycles. The fourth-order valence-electron chi connectivity index (χ4n) is 0.813. The second-order valence-electron chi connectivity index (χ2n) is 2.73. The van der Waals surface area contributed by atoms with Crippen molar-refractivity contribution in [1.82, 2.24) is 5.32 Å². The van der Waals surface area contributed by atoms with E-state index in [0.29, 0.717) is 13.0 Å². The molecule has 3 nitrogen and oxygen atoms in total. The van der Waals surface area contributed by atoms with E-state index >= 15 is 0 Å². The molecule has 0 saturated heterocycles. The molecule has 0 aliphatic carbocycles. The zero-order valence-electron chi connectivity index (χ0n) is 7.81. The van der Waals surface area contributed by atoms with E-state index in [1.807, 2.05) is 6.92 Å². The minimum atomic E-state index is -0.652. The van der Waals surface area contributed by atoms with Crippen molar-refractivity contribution in [3.63, 3.8) is 0 Å². The number of methoxy groups -OCH3 is 1. The Morgan fingerprint density at radius 1 is 1.75 bits per heavy atom. The fraction of sp³-hybridized carbons (Fsp3) is 0.667. The largest absolute Gasteiger partial charge is 0.468 e. The minimum absolute atomic E-state index is 0.278. The van der Waals surface area contributed by atoms with Gasteiger partial charge in [0.05, 0.1) is 13.7 Å². The maximum Gasteiger partial charge on any atom is 0.325 e. The van der Waals surface area contributed by atoms with Gasteiger partial charge in [-0.05, 0) is 13.3 Å². The predicted molar refractivity (Wildman–Crippen MR) is 47.5 cm³/mol. The zero-order valence-corrected chi connectivity index (χ0v) is 7.81. The third-order valence-corrected chi connectivity index (χ3v) is 1.92. The van der Waals surface area contributed by atoms with Gasteiger partial charge in [-0.1, -0.05) is 12.8 Å². The summed E-state index contributed by atoms with van der Waals surface area (Å²) < 4.78 is 4.63. The number of terminal acetylenes is 1. The van der Waals surface area contributed by atoms with Gasteiger partial charge in [0.2, 0.25) is 0 Å². The molecule has 3 heteroatoms. The average molecular weight is 169 g/mol. The summed E-state index contributed by atoms with van der Waals surface area (Å²) in [4.78, 5) is 11.2. The molecule has 68 valence electrons. The van der Waals surface area contributed by atoms with Crippen LogP contribution in [0, 0.1) is 12.3 Å². The zero-order chi connectivity index (χ0) is 9.61. The van der Waals surface area contributed by atoms with Crippen molar-refractivity contribution in [3.8, 4) is 12.3 Å². The predicted octanol–water partition coefficient (Wildman–Crippen LogP) is 0.551. The number of esters is 1. The molecule has 12 heavy (non-hydrogen) atoms. The van der Waals surface area contributed by atoms with Crippen LogP contribution in [0.1, 0.15) is 20.3 Å². The number of hydrogen-bond acceptors (Lipinski definition) is 3. The van der Waals surface area contributed by atoms with Gasteiger partial charge in [0.25, 0.3) is 0 Å². The van der Waals surface area contributed by atoms with E-state index in [-0.39, 0.29) is 5.97 Å². The number of carbonyl (C=O) groups is 1. The number of rotatable bonds is 4. The Hall–Kier alpha value is -1.01. The lowest BCUT2D eigenvalue weighted by Crippen LogP contribution is -2.49. The molecule has 0 heterocycles. The lowest BCUT2D eigenvalue weighted by molar-refractivity contribution is -0.147. The van der Waals surface area contributed by atoms with Gasteiger partial charge in [-0.2, -0.15) is 0 Å². The molecule has 0 aromatic rings. The van der Waals surface area contributed by atoms with Gasteiger partial charge in [-0.15, -0.1) is 6.42 Å². The van der Waals surface area contributed by atoms with Crippen LogP contribution in [-0.4, -0.2) is 25.2 Å². The molecular weight excluding hydrogens is 154 g/mol. The van der Waals surface area contributed by atoms with E-state index in [1.165, 1.54) is 7.11 Å². The first kappa shape index (κ1) is 11.0. The van der Waals surface area contributed by atoms with Crippen molar-refractivity contribution >= 4 is 5.97 Å². The van der Waals surface area contributed by atoms with E-state index in [2.05, 4.69) is 16.0 Å². The molecular formula is C9H15NO2. The highest BCUT2D eigenvalue weighted by molar-refractivity contribution is 5.80. The van der Waals surface area contributed by atoms with Crippen LogP contribution < -0.4 is 5.32 Å². The van der Waals surface area contributed by atoms with E-state index in [1.54, 1.807) is 6.92 Å². The van der Waals surface area contributed by atoms with Crippen LogP contribution in [0.25, 0.3) is 0 Å². The minimum Gasteiger partial charge on any atom is -0.468 e. The Kier molecular flexibility index (Phi) is 4.38. The maximum absolute atomic E-state index is 11.2. The van der Waals surface area contributed by atoms with Crippen molar-refractivity contribution in [2.45, 2.75) is 25.8 Å². The van der Waals surface area contributed by atoms with Gasteiger partial charge in [-0.25, -0.2) is 0 Å². The Bertz CT molecular complexity index is 195. The van der Waals surface area contributed by atoms with Gasteiger partial charge in [0.1, 0.15) is 5.54 Å². The fourth-order valence-corrected chi connectivity index (χ4v) is 0.813. The summed E-state index contributed by atoms with van der Waals surface area (Å²) in [5.74, 6) is 2.14. The van der Waals surface area contributed by atoms with Gasteiger partial charge < -0.3 is 4.74 Å². The number of carbonyl (C=O) groups excluding carboxylic acids is 1. The van der Waals surface area contributed by atoms with Crippen LogP contribution in [-0.2, 0) is 9.53 Å². The molecule has 0 spiro atoms. The standard InChI is InChI=1S/C9H15NO2/c1-5-7-10-9(3,6-2)8(11)12-4/h1,10H,6-7H2,2-4H3. The number of hydrogen-bond donors (Lipinski definition) is 1. The van der Waals surface area contributed by atoms with E-state index < -0.39 is 5.54 Å². The summed E-state index contributed by atoms with van der Waals surface area (Å²) in [5.41, 5.74) is -0.652. The van der Waals surface area contributed by atoms with Crippen molar-refractivity contribution in [2.75, 3.05) is 13.7 Å². The average Bonchev–Trinajstić information content (AvgIpc) is 2.12.